The Morgan fingerprint density at radius 1 is 1.17 bits per heavy atom. The van der Waals surface area contributed by atoms with Gasteiger partial charge in [0.25, 0.3) is 0 Å². The van der Waals surface area contributed by atoms with Crippen LogP contribution in [0.4, 0.5) is 0 Å². The quantitative estimate of drug-likeness (QED) is 0.893. The van der Waals surface area contributed by atoms with E-state index in [0.29, 0.717) is 0 Å². The summed E-state index contributed by atoms with van der Waals surface area (Å²) in [6, 6.07) is 8.52. The number of H-pyrrole nitrogens is 1. The molecule has 1 aromatic heterocycles. The molecule has 1 aromatic carbocycles. The maximum atomic E-state index is 12.4. The van der Waals surface area contributed by atoms with Crippen LogP contribution in [0.1, 0.15) is 17.7 Å². The molecule has 0 aliphatic carbocycles. The number of aromatic amines is 1. The molecule has 0 bridgehead atoms. The number of benzene rings is 1. The fraction of sp³-hybridized carbons (Fsp3) is 0.526. The third-order valence-electron chi connectivity index (χ3n) is 5.39. The lowest BCUT2D eigenvalue weighted by Gasteiger charge is -2.37. The van der Waals surface area contributed by atoms with Gasteiger partial charge < -0.3 is 10.3 Å². The van der Waals surface area contributed by atoms with E-state index < -0.39 is 0 Å². The van der Waals surface area contributed by atoms with Gasteiger partial charge in [-0.2, -0.15) is 0 Å². The van der Waals surface area contributed by atoms with Gasteiger partial charge in [-0.05, 0) is 32.0 Å². The number of rotatable bonds is 3. The highest BCUT2D eigenvalue weighted by Gasteiger charge is 2.26. The Labute approximate surface area is 142 Å². The van der Waals surface area contributed by atoms with Crippen LogP contribution in [-0.2, 0) is 6.54 Å². The van der Waals surface area contributed by atoms with Crippen molar-refractivity contribution in [2.75, 3.05) is 39.3 Å². The van der Waals surface area contributed by atoms with Crippen LogP contribution in [0.5, 0.6) is 0 Å². The Morgan fingerprint density at radius 3 is 2.75 bits per heavy atom. The van der Waals surface area contributed by atoms with Crippen LogP contribution in [0.3, 0.4) is 0 Å². The van der Waals surface area contributed by atoms with Gasteiger partial charge in [0.05, 0.1) is 0 Å². The van der Waals surface area contributed by atoms with Crippen molar-refractivity contribution in [3.63, 3.8) is 0 Å². The first kappa shape index (κ1) is 15.8. The van der Waals surface area contributed by atoms with Crippen LogP contribution in [0.15, 0.2) is 29.1 Å². The van der Waals surface area contributed by atoms with Gasteiger partial charge in [0.1, 0.15) is 0 Å². The first-order valence-corrected chi connectivity index (χ1v) is 8.99. The molecule has 2 aliphatic heterocycles. The highest BCUT2D eigenvalue weighted by Crippen LogP contribution is 2.15. The summed E-state index contributed by atoms with van der Waals surface area (Å²) in [6.07, 6.45) is 1.28. The molecule has 0 saturated carbocycles. The lowest BCUT2D eigenvalue weighted by molar-refractivity contribution is 0.0974. The van der Waals surface area contributed by atoms with E-state index in [4.69, 9.17) is 0 Å². The Morgan fingerprint density at radius 2 is 2.00 bits per heavy atom. The van der Waals surface area contributed by atoms with Crippen LogP contribution in [-0.4, -0.2) is 60.1 Å². The Bertz CT molecular complexity index is 771. The molecular weight excluding hydrogens is 300 g/mol. The molecule has 0 amide bonds. The molecule has 128 valence electrons. The molecule has 2 fully saturated rings. The number of aromatic nitrogens is 1. The van der Waals surface area contributed by atoms with Gasteiger partial charge in [0.2, 0.25) is 0 Å². The highest BCUT2D eigenvalue weighted by atomic mass is 16.1. The van der Waals surface area contributed by atoms with Crippen molar-refractivity contribution in [1.82, 2.24) is 20.1 Å². The van der Waals surface area contributed by atoms with Crippen molar-refractivity contribution >= 4 is 10.9 Å². The molecule has 24 heavy (non-hydrogen) atoms. The summed E-state index contributed by atoms with van der Waals surface area (Å²) in [7, 11) is 0. The smallest absolute Gasteiger partial charge is 0.189 e. The summed E-state index contributed by atoms with van der Waals surface area (Å²) in [5.41, 5.74) is 3.21. The number of hydrogen-bond acceptors (Lipinski definition) is 4. The van der Waals surface area contributed by atoms with E-state index >= 15 is 0 Å². The largest absolute Gasteiger partial charge is 0.357 e. The molecule has 2 aromatic rings. The minimum atomic E-state index is 0.123. The Hall–Kier alpha value is -1.69. The SMILES string of the molecule is Cc1ccc2[nH]c(CN3CCN([C@@H]4CCNC4)CC3)cc(=O)c2c1. The zero-order valence-electron chi connectivity index (χ0n) is 14.3. The zero-order chi connectivity index (χ0) is 16.5. The minimum absolute atomic E-state index is 0.123. The summed E-state index contributed by atoms with van der Waals surface area (Å²) in [5.74, 6) is 0. The molecule has 0 unspecified atom stereocenters. The number of aryl methyl sites for hydroxylation is 1. The number of nitrogens with one attached hydrogen (secondary N) is 2. The number of piperazine rings is 1. The second-order valence-electron chi connectivity index (χ2n) is 7.17. The minimum Gasteiger partial charge on any atom is -0.357 e. The molecule has 0 spiro atoms. The molecule has 0 radical (unpaired) electrons. The summed E-state index contributed by atoms with van der Waals surface area (Å²) >= 11 is 0. The number of fused-ring (bicyclic) bond motifs is 1. The lowest BCUT2D eigenvalue weighted by atomic mass is 10.1. The molecule has 3 heterocycles. The van der Waals surface area contributed by atoms with E-state index in [2.05, 4.69) is 26.2 Å². The molecule has 5 nitrogen and oxygen atoms in total. The number of hydrogen-bond donors (Lipinski definition) is 2. The average Bonchev–Trinajstić information content (AvgIpc) is 3.11. The van der Waals surface area contributed by atoms with Crippen molar-refractivity contribution in [2.45, 2.75) is 25.9 Å². The van der Waals surface area contributed by atoms with Crippen LogP contribution in [0.2, 0.25) is 0 Å². The first-order valence-electron chi connectivity index (χ1n) is 8.99. The van der Waals surface area contributed by atoms with Crippen LogP contribution >= 0.6 is 0 Å². The average molecular weight is 326 g/mol. The molecule has 2 aliphatic rings. The predicted molar refractivity (Wildman–Crippen MR) is 97.4 cm³/mol. The van der Waals surface area contributed by atoms with E-state index in [9.17, 15) is 4.79 Å². The third-order valence-corrected chi connectivity index (χ3v) is 5.39. The van der Waals surface area contributed by atoms with Crippen molar-refractivity contribution < 1.29 is 0 Å². The summed E-state index contributed by atoms with van der Waals surface area (Å²) < 4.78 is 0. The third kappa shape index (κ3) is 3.24. The van der Waals surface area contributed by atoms with E-state index in [-0.39, 0.29) is 5.43 Å². The van der Waals surface area contributed by atoms with Crippen molar-refractivity contribution in [2.24, 2.45) is 0 Å². The predicted octanol–water partition coefficient (Wildman–Crippen LogP) is 1.32. The standard InChI is InChI=1S/C19H26N4O/c1-14-2-3-18-17(10-14)19(24)11-15(21-18)13-22-6-8-23(9-7-22)16-4-5-20-12-16/h2-3,10-11,16,20H,4-9,12-13H2,1H3,(H,21,24)/t16-/m1/s1. The van der Waals surface area contributed by atoms with E-state index in [1.807, 2.05) is 19.1 Å². The van der Waals surface area contributed by atoms with Crippen LogP contribution < -0.4 is 10.7 Å². The molecule has 5 heteroatoms. The second kappa shape index (κ2) is 6.67. The number of pyridine rings is 1. The van der Waals surface area contributed by atoms with Gasteiger partial charge in [-0.1, -0.05) is 11.6 Å². The maximum Gasteiger partial charge on any atom is 0.189 e. The monoisotopic (exact) mass is 326 g/mol. The highest BCUT2D eigenvalue weighted by molar-refractivity contribution is 5.79. The van der Waals surface area contributed by atoms with Crippen LogP contribution in [0, 0.1) is 6.92 Å². The Kier molecular flexibility index (Phi) is 4.39. The Balaban J connectivity index is 1.43. The van der Waals surface area contributed by atoms with Crippen molar-refractivity contribution in [3.05, 3.63) is 45.7 Å². The van der Waals surface area contributed by atoms with Gasteiger partial charge in [-0.15, -0.1) is 0 Å². The molecule has 2 saturated heterocycles. The van der Waals surface area contributed by atoms with Gasteiger partial charge in [-0.3, -0.25) is 14.6 Å². The molecule has 4 rings (SSSR count). The number of nitrogens with zero attached hydrogens (tertiary/aromatic N) is 2. The molecule has 1 atom stereocenters. The first-order chi connectivity index (χ1) is 11.7. The van der Waals surface area contributed by atoms with Crippen LogP contribution in [0.25, 0.3) is 10.9 Å². The van der Waals surface area contributed by atoms with Gasteiger partial charge >= 0.3 is 0 Å². The van der Waals surface area contributed by atoms with Crippen molar-refractivity contribution in [1.29, 1.82) is 0 Å². The van der Waals surface area contributed by atoms with Gasteiger partial charge in [0.15, 0.2) is 5.43 Å². The fourth-order valence-corrected chi connectivity index (χ4v) is 3.98. The normalized spacial score (nSPS) is 23.1. The van der Waals surface area contributed by atoms with E-state index in [1.54, 1.807) is 6.07 Å². The maximum absolute atomic E-state index is 12.4. The summed E-state index contributed by atoms with van der Waals surface area (Å²) in [4.78, 5) is 20.9. The molecular formula is C19H26N4O. The summed E-state index contributed by atoms with van der Waals surface area (Å²) in [5, 5.41) is 4.24. The fourth-order valence-electron chi connectivity index (χ4n) is 3.98. The van der Waals surface area contributed by atoms with Gasteiger partial charge in [-0.25, -0.2) is 0 Å². The lowest BCUT2D eigenvalue weighted by Crippen LogP contribution is -2.50. The van der Waals surface area contributed by atoms with Gasteiger partial charge in [0, 0.05) is 68.0 Å². The molecule has 2 N–H and O–H groups in total. The second-order valence-corrected chi connectivity index (χ2v) is 7.17. The van der Waals surface area contributed by atoms with E-state index in [1.165, 1.54) is 6.42 Å². The van der Waals surface area contributed by atoms with E-state index in [0.717, 1.165) is 74.0 Å². The topological polar surface area (TPSA) is 51.4 Å². The summed E-state index contributed by atoms with van der Waals surface area (Å²) in [6.45, 7) is 9.55. The van der Waals surface area contributed by atoms with Crippen molar-refractivity contribution in [3.8, 4) is 0 Å². The zero-order valence-corrected chi connectivity index (χ0v) is 14.3.